The number of rotatable bonds is 1. The molecule has 0 bridgehead atoms. The third kappa shape index (κ3) is 1.49. The highest BCUT2D eigenvalue weighted by molar-refractivity contribution is 5.10. The molecule has 0 aromatic carbocycles. The molecule has 0 aromatic heterocycles. The second-order valence-electron chi connectivity index (χ2n) is 5.90. The fourth-order valence-electron chi connectivity index (χ4n) is 3.52. The maximum Gasteiger partial charge on any atom is 0.0831 e. The van der Waals surface area contributed by atoms with Crippen molar-refractivity contribution in [2.75, 3.05) is 0 Å². The minimum absolute atomic E-state index is 0.254. The summed E-state index contributed by atoms with van der Waals surface area (Å²) in [5.74, 6) is 1.26. The number of aliphatic hydroxyl groups is 1. The van der Waals surface area contributed by atoms with Gasteiger partial charge in [-0.05, 0) is 50.4 Å². The molecule has 0 aliphatic heterocycles. The third-order valence-corrected chi connectivity index (χ3v) is 4.35. The van der Waals surface area contributed by atoms with Crippen LogP contribution in [0.4, 0.5) is 0 Å². The number of hydrogen-bond acceptors (Lipinski definition) is 2. The fourth-order valence-corrected chi connectivity index (χ4v) is 3.52. The second kappa shape index (κ2) is 3.21. The molecule has 2 unspecified atom stereocenters. The lowest BCUT2D eigenvalue weighted by Gasteiger charge is -2.54. The first-order chi connectivity index (χ1) is 6.45. The molecule has 2 atom stereocenters. The molecule has 2 aliphatic carbocycles. The molecule has 2 aliphatic rings. The van der Waals surface area contributed by atoms with Gasteiger partial charge in [0.15, 0.2) is 0 Å². The minimum Gasteiger partial charge on any atom is -0.388 e. The SMILES string of the molecule is CC1CC(C)CC(O)(C2(N)CCC2)C1. The lowest BCUT2D eigenvalue weighted by Crippen LogP contribution is -2.66. The van der Waals surface area contributed by atoms with Crippen LogP contribution >= 0.6 is 0 Å². The van der Waals surface area contributed by atoms with E-state index in [-0.39, 0.29) is 5.54 Å². The van der Waals surface area contributed by atoms with Gasteiger partial charge in [0, 0.05) is 5.54 Å². The summed E-state index contributed by atoms with van der Waals surface area (Å²) in [6.45, 7) is 4.48. The lowest BCUT2D eigenvalue weighted by molar-refractivity contribution is -0.116. The van der Waals surface area contributed by atoms with Crippen molar-refractivity contribution in [1.29, 1.82) is 0 Å². The molecule has 2 nitrogen and oxygen atoms in total. The standard InChI is InChI=1S/C12H23NO/c1-9-6-10(2)8-12(14,7-9)11(13)4-3-5-11/h9-10,14H,3-8,13H2,1-2H3. The molecule has 2 saturated carbocycles. The van der Waals surface area contributed by atoms with E-state index < -0.39 is 5.60 Å². The van der Waals surface area contributed by atoms with Crippen molar-refractivity contribution in [3.05, 3.63) is 0 Å². The van der Waals surface area contributed by atoms with Gasteiger partial charge in [0.2, 0.25) is 0 Å². The van der Waals surface area contributed by atoms with Crippen LogP contribution in [-0.4, -0.2) is 16.2 Å². The molecule has 82 valence electrons. The largest absolute Gasteiger partial charge is 0.388 e. The summed E-state index contributed by atoms with van der Waals surface area (Å²) in [6.07, 6.45) is 6.30. The molecule has 0 heterocycles. The van der Waals surface area contributed by atoms with Crippen LogP contribution in [0.5, 0.6) is 0 Å². The summed E-state index contributed by atoms with van der Waals surface area (Å²) in [6, 6.07) is 0. The van der Waals surface area contributed by atoms with Gasteiger partial charge in [0.25, 0.3) is 0 Å². The molecule has 2 rings (SSSR count). The summed E-state index contributed by atoms with van der Waals surface area (Å²) in [5.41, 5.74) is 5.47. The maximum absolute atomic E-state index is 10.7. The first-order valence-electron chi connectivity index (χ1n) is 5.96. The van der Waals surface area contributed by atoms with E-state index >= 15 is 0 Å². The molecule has 0 amide bonds. The van der Waals surface area contributed by atoms with Crippen LogP contribution in [0.3, 0.4) is 0 Å². The van der Waals surface area contributed by atoms with E-state index in [0.717, 1.165) is 25.7 Å². The van der Waals surface area contributed by atoms with Crippen molar-refractivity contribution in [1.82, 2.24) is 0 Å². The van der Waals surface area contributed by atoms with Crippen molar-refractivity contribution in [3.63, 3.8) is 0 Å². The average molecular weight is 197 g/mol. The Kier molecular flexibility index (Phi) is 2.39. The quantitative estimate of drug-likeness (QED) is 0.676. The lowest BCUT2D eigenvalue weighted by atomic mass is 9.58. The Morgan fingerprint density at radius 2 is 1.64 bits per heavy atom. The molecular formula is C12H23NO. The summed E-state index contributed by atoms with van der Waals surface area (Å²) in [5, 5.41) is 10.7. The summed E-state index contributed by atoms with van der Waals surface area (Å²) >= 11 is 0. The van der Waals surface area contributed by atoms with Crippen LogP contribution in [0.2, 0.25) is 0 Å². The highest BCUT2D eigenvalue weighted by atomic mass is 16.3. The van der Waals surface area contributed by atoms with E-state index in [4.69, 9.17) is 5.73 Å². The van der Waals surface area contributed by atoms with E-state index in [0.29, 0.717) is 11.8 Å². The van der Waals surface area contributed by atoms with Crippen LogP contribution in [0.15, 0.2) is 0 Å². The zero-order valence-corrected chi connectivity index (χ0v) is 9.42. The summed E-state index contributed by atoms with van der Waals surface area (Å²) in [7, 11) is 0. The molecule has 0 radical (unpaired) electrons. The van der Waals surface area contributed by atoms with E-state index in [1.807, 2.05) is 0 Å². The first-order valence-corrected chi connectivity index (χ1v) is 5.96. The molecule has 0 saturated heterocycles. The van der Waals surface area contributed by atoms with Gasteiger partial charge in [0.1, 0.15) is 0 Å². The molecule has 2 heteroatoms. The van der Waals surface area contributed by atoms with Gasteiger partial charge >= 0.3 is 0 Å². The Morgan fingerprint density at radius 3 is 2.00 bits per heavy atom. The van der Waals surface area contributed by atoms with Crippen LogP contribution in [0.25, 0.3) is 0 Å². The van der Waals surface area contributed by atoms with Crippen LogP contribution in [-0.2, 0) is 0 Å². The Labute approximate surface area is 86.9 Å². The monoisotopic (exact) mass is 197 g/mol. The molecule has 2 fully saturated rings. The normalized spacial score (nSPS) is 47.1. The Morgan fingerprint density at radius 1 is 1.14 bits per heavy atom. The topological polar surface area (TPSA) is 46.2 Å². The van der Waals surface area contributed by atoms with Gasteiger partial charge in [-0.25, -0.2) is 0 Å². The zero-order valence-electron chi connectivity index (χ0n) is 9.42. The van der Waals surface area contributed by atoms with Crippen molar-refractivity contribution in [2.24, 2.45) is 17.6 Å². The van der Waals surface area contributed by atoms with Crippen LogP contribution in [0.1, 0.15) is 52.4 Å². The highest BCUT2D eigenvalue weighted by Crippen LogP contribution is 2.48. The maximum atomic E-state index is 10.7. The second-order valence-corrected chi connectivity index (χ2v) is 5.90. The first kappa shape index (κ1) is 10.4. The van der Waals surface area contributed by atoms with E-state index in [9.17, 15) is 5.11 Å². The van der Waals surface area contributed by atoms with Gasteiger partial charge < -0.3 is 10.8 Å². The van der Waals surface area contributed by atoms with E-state index in [1.54, 1.807) is 0 Å². The van der Waals surface area contributed by atoms with E-state index in [1.165, 1.54) is 12.8 Å². The summed E-state index contributed by atoms with van der Waals surface area (Å²) in [4.78, 5) is 0. The van der Waals surface area contributed by atoms with Crippen LogP contribution in [0, 0.1) is 11.8 Å². The Balaban J connectivity index is 2.13. The van der Waals surface area contributed by atoms with Crippen LogP contribution < -0.4 is 5.73 Å². The number of hydrogen-bond donors (Lipinski definition) is 2. The van der Waals surface area contributed by atoms with Crippen molar-refractivity contribution in [2.45, 2.75) is 63.5 Å². The molecule has 0 aromatic rings. The molecule has 3 N–H and O–H groups in total. The zero-order chi connectivity index (χ0) is 10.4. The predicted octanol–water partition coefficient (Wildman–Crippen LogP) is 2.05. The van der Waals surface area contributed by atoms with Crippen molar-refractivity contribution < 1.29 is 5.11 Å². The van der Waals surface area contributed by atoms with Crippen molar-refractivity contribution in [3.8, 4) is 0 Å². The van der Waals surface area contributed by atoms with Gasteiger partial charge in [-0.15, -0.1) is 0 Å². The van der Waals surface area contributed by atoms with Gasteiger partial charge in [-0.2, -0.15) is 0 Å². The highest BCUT2D eigenvalue weighted by Gasteiger charge is 2.53. The average Bonchev–Trinajstić information content (AvgIpc) is 1.97. The van der Waals surface area contributed by atoms with Gasteiger partial charge in [-0.1, -0.05) is 13.8 Å². The minimum atomic E-state index is -0.567. The molecular weight excluding hydrogens is 174 g/mol. The van der Waals surface area contributed by atoms with Gasteiger partial charge in [0.05, 0.1) is 5.60 Å². The van der Waals surface area contributed by atoms with Gasteiger partial charge in [-0.3, -0.25) is 0 Å². The Bertz CT molecular complexity index is 212. The van der Waals surface area contributed by atoms with E-state index in [2.05, 4.69) is 13.8 Å². The summed E-state index contributed by atoms with van der Waals surface area (Å²) < 4.78 is 0. The predicted molar refractivity (Wildman–Crippen MR) is 57.9 cm³/mol. The molecule has 0 spiro atoms. The fraction of sp³-hybridized carbons (Fsp3) is 1.00. The number of nitrogens with two attached hydrogens (primary N) is 1. The smallest absolute Gasteiger partial charge is 0.0831 e. The Hall–Kier alpha value is -0.0800. The molecule has 14 heavy (non-hydrogen) atoms. The van der Waals surface area contributed by atoms with Crippen molar-refractivity contribution >= 4 is 0 Å². The third-order valence-electron chi connectivity index (χ3n) is 4.35.